The summed E-state index contributed by atoms with van der Waals surface area (Å²) in [6.07, 6.45) is 0. The molecule has 84 valence electrons. The van der Waals surface area contributed by atoms with Crippen LogP contribution in [0.3, 0.4) is 0 Å². The van der Waals surface area contributed by atoms with Crippen LogP contribution in [0.4, 0.5) is 0 Å². The Morgan fingerprint density at radius 2 is 2.27 bits per heavy atom. The van der Waals surface area contributed by atoms with Gasteiger partial charge in [0.15, 0.2) is 0 Å². The highest BCUT2D eigenvalue weighted by Gasteiger charge is 2.15. The van der Waals surface area contributed by atoms with Crippen molar-refractivity contribution < 1.29 is 4.79 Å². The zero-order valence-corrected chi connectivity index (χ0v) is 10.2. The summed E-state index contributed by atoms with van der Waals surface area (Å²) in [6.45, 7) is 4.65. The number of thiophene rings is 1. The van der Waals surface area contributed by atoms with Crippen LogP contribution >= 0.6 is 11.3 Å². The molecule has 0 aliphatic carbocycles. The molecular formula is C11H18N2OS. The van der Waals surface area contributed by atoms with Gasteiger partial charge in [-0.3, -0.25) is 4.79 Å². The lowest BCUT2D eigenvalue weighted by Gasteiger charge is -2.14. The average molecular weight is 226 g/mol. The van der Waals surface area contributed by atoms with E-state index in [1.165, 1.54) is 0 Å². The number of carbonyl (C=O) groups excluding carboxylic acids is 1. The van der Waals surface area contributed by atoms with Crippen LogP contribution in [0.2, 0.25) is 0 Å². The van der Waals surface area contributed by atoms with Crippen LogP contribution in [0, 0.1) is 0 Å². The highest BCUT2D eigenvalue weighted by atomic mass is 32.1. The third-order valence-corrected chi connectivity index (χ3v) is 3.49. The lowest BCUT2D eigenvalue weighted by molar-refractivity contribution is -0.122. The zero-order valence-electron chi connectivity index (χ0n) is 9.41. The molecule has 2 N–H and O–H groups in total. The molecule has 0 aliphatic rings. The van der Waals surface area contributed by atoms with Gasteiger partial charge in [-0.05, 0) is 32.3 Å². The van der Waals surface area contributed by atoms with Crippen LogP contribution in [-0.4, -0.2) is 25.5 Å². The van der Waals surface area contributed by atoms with Crippen LogP contribution in [0.5, 0.6) is 0 Å². The molecular weight excluding hydrogens is 208 g/mol. The number of likely N-dealkylation sites (N-methyl/N-ethyl adjacent to an activating group) is 1. The fourth-order valence-electron chi connectivity index (χ4n) is 1.18. The second-order valence-corrected chi connectivity index (χ2v) is 4.65. The monoisotopic (exact) mass is 226 g/mol. The van der Waals surface area contributed by atoms with Crippen molar-refractivity contribution in [2.75, 3.05) is 13.6 Å². The molecule has 0 spiro atoms. The number of rotatable bonds is 5. The molecule has 1 aromatic heterocycles. The Labute approximate surface area is 94.9 Å². The van der Waals surface area contributed by atoms with E-state index in [4.69, 9.17) is 0 Å². The maximum absolute atomic E-state index is 11.7. The van der Waals surface area contributed by atoms with E-state index in [0.29, 0.717) is 12.6 Å². The Bertz CT molecular complexity index is 298. The van der Waals surface area contributed by atoms with Crippen LogP contribution < -0.4 is 10.6 Å². The number of hydrogen-bond acceptors (Lipinski definition) is 3. The Morgan fingerprint density at radius 1 is 1.53 bits per heavy atom. The second kappa shape index (κ2) is 5.88. The van der Waals surface area contributed by atoms with Gasteiger partial charge >= 0.3 is 0 Å². The van der Waals surface area contributed by atoms with Crippen LogP contribution in [0.15, 0.2) is 17.5 Å². The molecule has 1 rings (SSSR count). The summed E-state index contributed by atoms with van der Waals surface area (Å²) in [5.41, 5.74) is 0. The van der Waals surface area contributed by atoms with Gasteiger partial charge in [-0.25, -0.2) is 0 Å². The molecule has 0 fully saturated rings. The Kier molecular flexibility index (Phi) is 4.78. The summed E-state index contributed by atoms with van der Waals surface area (Å²) < 4.78 is 0. The first-order chi connectivity index (χ1) is 7.15. The van der Waals surface area contributed by atoms with Gasteiger partial charge in [0.2, 0.25) is 5.91 Å². The molecule has 2 atom stereocenters. The first-order valence-corrected chi connectivity index (χ1v) is 6.01. The number of hydrogen-bond donors (Lipinski definition) is 2. The topological polar surface area (TPSA) is 41.1 Å². The molecule has 0 aliphatic heterocycles. The average Bonchev–Trinajstić information content (AvgIpc) is 2.77. The van der Waals surface area contributed by atoms with Crippen molar-refractivity contribution in [1.82, 2.24) is 10.6 Å². The molecule has 0 saturated carbocycles. The summed E-state index contributed by atoms with van der Waals surface area (Å²) in [4.78, 5) is 12.8. The number of amides is 1. The fraction of sp³-hybridized carbons (Fsp3) is 0.545. The molecule has 0 bridgehead atoms. The summed E-state index contributed by atoms with van der Waals surface area (Å²) in [7, 11) is 1.89. The van der Waals surface area contributed by atoms with Crippen molar-refractivity contribution in [3.63, 3.8) is 0 Å². The predicted octanol–water partition coefficient (Wildman–Crippen LogP) is 1.58. The lowest BCUT2D eigenvalue weighted by Crippen LogP contribution is -2.38. The fourth-order valence-corrected chi connectivity index (χ4v) is 1.96. The predicted molar refractivity (Wildman–Crippen MR) is 64.3 cm³/mol. The van der Waals surface area contributed by atoms with E-state index in [1.54, 1.807) is 11.3 Å². The first kappa shape index (κ1) is 12.2. The Morgan fingerprint density at radius 3 is 2.80 bits per heavy atom. The molecule has 0 radical (unpaired) electrons. The maximum atomic E-state index is 11.7. The van der Waals surface area contributed by atoms with E-state index in [0.717, 1.165) is 4.88 Å². The molecule has 4 heteroatoms. The molecule has 1 heterocycles. The van der Waals surface area contributed by atoms with Crippen LogP contribution in [0.25, 0.3) is 0 Å². The van der Waals surface area contributed by atoms with Crippen LogP contribution in [0.1, 0.15) is 24.6 Å². The third-order valence-electron chi connectivity index (χ3n) is 2.44. The molecule has 0 saturated heterocycles. The van der Waals surface area contributed by atoms with Crippen molar-refractivity contribution >= 4 is 17.2 Å². The van der Waals surface area contributed by atoms with E-state index in [9.17, 15) is 4.79 Å². The standard InChI is InChI=1S/C11H18N2OS/c1-8(12-3)7-13-11(14)9(2)10-5-4-6-15-10/h4-6,8-9,12H,7H2,1-3H3,(H,13,14). The van der Waals surface area contributed by atoms with Crippen molar-refractivity contribution in [3.05, 3.63) is 22.4 Å². The summed E-state index contributed by atoms with van der Waals surface area (Å²) in [5.74, 6) is 0.0496. The van der Waals surface area contributed by atoms with Crippen molar-refractivity contribution in [2.45, 2.75) is 25.8 Å². The van der Waals surface area contributed by atoms with Gasteiger partial charge < -0.3 is 10.6 Å². The first-order valence-electron chi connectivity index (χ1n) is 5.13. The van der Waals surface area contributed by atoms with E-state index >= 15 is 0 Å². The van der Waals surface area contributed by atoms with Crippen molar-refractivity contribution in [3.8, 4) is 0 Å². The third kappa shape index (κ3) is 3.64. The van der Waals surface area contributed by atoms with Gasteiger partial charge in [-0.15, -0.1) is 11.3 Å². The molecule has 1 aromatic rings. The number of carbonyl (C=O) groups is 1. The smallest absolute Gasteiger partial charge is 0.228 e. The normalized spacial score (nSPS) is 14.6. The zero-order chi connectivity index (χ0) is 11.3. The quantitative estimate of drug-likeness (QED) is 0.800. The number of nitrogens with one attached hydrogen (secondary N) is 2. The minimum atomic E-state index is -0.0472. The Hall–Kier alpha value is -0.870. The lowest BCUT2D eigenvalue weighted by atomic mass is 10.1. The van der Waals surface area contributed by atoms with E-state index < -0.39 is 0 Å². The molecule has 0 aromatic carbocycles. The van der Waals surface area contributed by atoms with Gasteiger partial charge in [0.05, 0.1) is 5.92 Å². The minimum Gasteiger partial charge on any atom is -0.354 e. The minimum absolute atomic E-state index is 0.0472. The van der Waals surface area contributed by atoms with Gasteiger partial charge in [0.1, 0.15) is 0 Å². The largest absolute Gasteiger partial charge is 0.354 e. The summed E-state index contributed by atoms with van der Waals surface area (Å²) >= 11 is 1.62. The van der Waals surface area contributed by atoms with Gasteiger partial charge in [-0.2, -0.15) is 0 Å². The molecule has 2 unspecified atom stereocenters. The molecule has 15 heavy (non-hydrogen) atoms. The van der Waals surface area contributed by atoms with Gasteiger partial charge in [0, 0.05) is 17.5 Å². The van der Waals surface area contributed by atoms with Gasteiger partial charge in [-0.1, -0.05) is 6.07 Å². The SMILES string of the molecule is CNC(C)CNC(=O)C(C)c1cccs1. The molecule has 1 amide bonds. The maximum Gasteiger partial charge on any atom is 0.228 e. The highest BCUT2D eigenvalue weighted by Crippen LogP contribution is 2.20. The van der Waals surface area contributed by atoms with Gasteiger partial charge in [0.25, 0.3) is 0 Å². The molecule has 3 nitrogen and oxygen atoms in total. The van der Waals surface area contributed by atoms with E-state index in [1.807, 2.05) is 38.4 Å². The van der Waals surface area contributed by atoms with E-state index in [-0.39, 0.29) is 11.8 Å². The van der Waals surface area contributed by atoms with Crippen molar-refractivity contribution in [1.29, 1.82) is 0 Å². The van der Waals surface area contributed by atoms with Crippen LogP contribution in [-0.2, 0) is 4.79 Å². The highest BCUT2D eigenvalue weighted by molar-refractivity contribution is 7.10. The van der Waals surface area contributed by atoms with E-state index in [2.05, 4.69) is 10.6 Å². The summed E-state index contributed by atoms with van der Waals surface area (Å²) in [5, 5.41) is 8.00. The summed E-state index contributed by atoms with van der Waals surface area (Å²) in [6, 6.07) is 4.28. The van der Waals surface area contributed by atoms with Crippen molar-refractivity contribution in [2.24, 2.45) is 0 Å². The second-order valence-electron chi connectivity index (χ2n) is 3.67. The Balaban J connectivity index is 2.41.